The molecule has 1 heterocycles. The van der Waals surface area contributed by atoms with Crippen LogP contribution in [-0.4, -0.2) is 46.5 Å². The zero-order valence-electron chi connectivity index (χ0n) is 11.4. The van der Waals surface area contributed by atoms with Crippen molar-refractivity contribution in [1.29, 1.82) is 0 Å². The predicted molar refractivity (Wildman–Crippen MR) is 85.5 cm³/mol. The van der Waals surface area contributed by atoms with E-state index in [2.05, 4.69) is 0 Å². The normalized spacial score (nSPS) is 20.5. The third-order valence-corrected chi connectivity index (χ3v) is 6.77. The lowest BCUT2D eigenvalue weighted by Gasteiger charge is -2.36. The maximum absolute atomic E-state index is 11.9. The Labute approximate surface area is 128 Å². The van der Waals surface area contributed by atoms with Crippen molar-refractivity contribution in [2.24, 2.45) is 5.14 Å². The molecule has 21 heavy (non-hydrogen) atoms. The van der Waals surface area contributed by atoms with Crippen molar-refractivity contribution in [3.05, 3.63) is 18.2 Å². The first-order chi connectivity index (χ1) is 9.60. The van der Waals surface area contributed by atoms with Crippen LogP contribution in [0.4, 0.5) is 11.4 Å². The van der Waals surface area contributed by atoms with Gasteiger partial charge in [-0.15, -0.1) is 0 Å². The molecule has 1 atom stereocenters. The molecule has 1 aromatic rings. The highest BCUT2D eigenvalue weighted by Gasteiger charge is 2.32. The van der Waals surface area contributed by atoms with Crippen LogP contribution in [0.15, 0.2) is 23.1 Å². The van der Waals surface area contributed by atoms with Crippen LogP contribution in [0.5, 0.6) is 0 Å². The van der Waals surface area contributed by atoms with Crippen LogP contribution in [0, 0.1) is 0 Å². The number of hydrogen-bond donors (Lipinski definition) is 2. The number of primary sulfonamides is 1. The molecular formula is C11H17N3O4S3. The number of nitrogens with zero attached hydrogens (tertiary/aromatic N) is 1. The Hall–Kier alpha value is -0.970. The minimum absolute atomic E-state index is 0.0916. The fraction of sp³-hybridized carbons (Fsp3) is 0.455. The summed E-state index contributed by atoms with van der Waals surface area (Å²) in [6, 6.07) is 4.09. The highest BCUT2D eigenvalue weighted by atomic mass is 32.2. The van der Waals surface area contributed by atoms with E-state index in [0.717, 1.165) is 5.75 Å². The molecule has 0 aromatic heterocycles. The molecule has 4 N–H and O–H groups in total. The van der Waals surface area contributed by atoms with E-state index in [0.29, 0.717) is 18.0 Å². The molecule has 0 radical (unpaired) electrons. The molecule has 1 unspecified atom stereocenters. The lowest BCUT2D eigenvalue weighted by molar-refractivity contribution is 0.584. The lowest BCUT2D eigenvalue weighted by Crippen LogP contribution is -2.47. The van der Waals surface area contributed by atoms with Gasteiger partial charge in [-0.1, -0.05) is 0 Å². The van der Waals surface area contributed by atoms with Gasteiger partial charge < -0.3 is 10.6 Å². The number of nitrogens with two attached hydrogens (primary N) is 2. The van der Waals surface area contributed by atoms with Gasteiger partial charge in [-0.2, -0.15) is 11.8 Å². The molecule has 118 valence electrons. The maximum Gasteiger partial charge on any atom is 0.238 e. The summed E-state index contributed by atoms with van der Waals surface area (Å²) in [5.74, 6) is 1.23. The zero-order valence-corrected chi connectivity index (χ0v) is 13.8. The van der Waals surface area contributed by atoms with Gasteiger partial charge in [0, 0.05) is 24.3 Å². The van der Waals surface area contributed by atoms with Gasteiger partial charge in [0.1, 0.15) is 5.37 Å². The maximum atomic E-state index is 11.9. The van der Waals surface area contributed by atoms with Gasteiger partial charge in [-0.3, -0.25) is 0 Å². The summed E-state index contributed by atoms with van der Waals surface area (Å²) in [6.45, 7) is 0.529. The van der Waals surface area contributed by atoms with Crippen LogP contribution in [-0.2, 0) is 19.9 Å². The smallest absolute Gasteiger partial charge is 0.238 e. The Balaban J connectivity index is 2.45. The number of rotatable bonds is 3. The predicted octanol–water partition coefficient (Wildman–Crippen LogP) is -0.160. The molecule has 1 aliphatic rings. The Kier molecular flexibility index (Phi) is 4.43. The fourth-order valence-corrected chi connectivity index (χ4v) is 5.56. The van der Waals surface area contributed by atoms with Crippen LogP contribution >= 0.6 is 11.8 Å². The molecule has 7 nitrogen and oxygen atoms in total. The van der Waals surface area contributed by atoms with Crippen molar-refractivity contribution < 1.29 is 16.8 Å². The molecule has 0 bridgehead atoms. The van der Waals surface area contributed by atoms with E-state index in [9.17, 15) is 16.8 Å². The summed E-state index contributed by atoms with van der Waals surface area (Å²) in [5.41, 5.74) is 6.60. The summed E-state index contributed by atoms with van der Waals surface area (Å²) in [4.78, 5) is 1.61. The van der Waals surface area contributed by atoms with Crippen LogP contribution in [0.25, 0.3) is 0 Å². The minimum atomic E-state index is -3.84. The number of anilines is 2. The average molecular weight is 351 g/mol. The zero-order chi connectivity index (χ0) is 15.8. The number of thioether (sulfide) groups is 1. The standard InChI is InChI=1S/C11H17N3O4S3/c1-20(15,16)11-7-19-5-4-14(11)10-3-2-8(6-9(10)12)21(13,17)18/h2-3,6,11H,4-5,7,12H2,1H3,(H2,13,17,18). The number of sulfone groups is 1. The van der Waals surface area contributed by atoms with Gasteiger partial charge in [-0.25, -0.2) is 22.0 Å². The molecule has 0 amide bonds. The van der Waals surface area contributed by atoms with Gasteiger partial charge in [0.2, 0.25) is 10.0 Å². The van der Waals surface area contributed by atoms with Crippen LogP contribution < -0.4 is 15.8 Å². The second-order valence-corrected chi connectivity index (χ2v) is 9.73. The first-order valence-corrected chi connectivity index (χ1v) is 10.7. The first kappa shape index (κ1) is 16.4. The van der Waals surface area contributed by atoms with Gasteiger partial charge in [0.25, 0.3) is 0 Å². The summed E-state index contributed by atoms with van der Waals surface area (Å²) in [5, 5.41) is 4.39. The van der Waals surface area contributed by atoms with Gasteiger partial charge in [-0.05, 0) is 18.2 Å². The lowest BCUT2D eigenvalue weighted by atomic mass is 10.2. The number of benzene rings is 1. The van der Waals surface area contributed by atoms with Crippen molar-refractivity contribution in [3.8, 4) is 0 Å². The molecular weight excluding hydrogens is 334 g/mol. The van der Waals surface area contributed by atoms with Crippen molar-refractivity contribution in [1.82, 2.24) is 0 Å². The van der Waals surface area contributed by atoms with Crippen LogP contribution in [0.2, 0.25) is 0 Å². The molecule has 0 saturated carbocycles. The molecule has 1 aromatic carbocycles. The van der Waals surface area contributed by atoms with E-state index >= 15 is 0 Å². The second-order valence-electron chi connectivity index (χ2n) is 4.82. The fourth-order valence-electron chi connectivity index (χ4n) is 2.18. The van der Waals surface area contributed by atoms with Crippen molar-refractivity contribution >= 4 is 43.0 Å². The molecule has 1 saturated heterocycles. The van der Waals surface area contributed by atoms with Gasteiger partial charge in [0.15, 0.2) is 9.84 Å². The number of sulfonamides is 1. The third-order valence-electron chi connectivity index (χ3n) is 3.22. The van der Waals surface area contributed by atoms with E-state index in [1.807, 2.05) is 0 Å². The quantitative estimate of drug-likeness (QED) is 0.725. The average Bonchev–Trinajstić information content (AvgIpc) is 2.36. The summed E-state index contributed by atoms with van der Waals surface area (Å²) in [7, 11) is -7.11. The van der Waals surface area contributed by atoms with E-state index < -0.39 is 25.2 Å². The molecule has 0 aliphatic carbocycles. The first-order valence-electron chi connectivity index (χ1n) is 6.06. The monoisotopic (exact) mass is 351 g/mol. The minimum Gasteiger partial charge on any atom is -0.397 e. The second kappa shape index (κ2) is 5.67. The number of nitrogen functional groups attached to an aromatic ring is 1. The van der Waals surface area contributed by atoms with E-state index in [-0.39, 0.29) is 10.6 Å². The van der Waals surface area contributed by atoms with Gasteiger partial charge in [0.05, 0.1) is 16.3 Å². The van der Waals surface area contributed by atoms with E-state index in [1.54, 1.807) is 16.7 Å². The Morgan fingerprint density at radius 3 is 2.48 bits per heavy atom. The molecule has 0 spiro atoms. The Morgan fingerprint density at radius 2 is 1.95 bits per heavy atom. The molecule has 1 aliphatic heterocycles. The summed E-state index contributed by atoms with van der Waals surface area (Å²) < 4.78 is 46.4. The highest BCUT2D eigenvalue weighted by Crippen LogP contribution is 2.32. The van der Waals surface area contributed by atoms with E-state index in [1.165, 1.54) is 24.5 Å². The topological polar surface area (TPSA) is 124 Å². The SMILES string of the molecule is CS(=O)(=O)C1CSCCN1c1ccc(S(N)(=O)=O)cc1N. The third kappa shape index (κ3) is 3.62. The van der Waals surface area contributed by atoms with E-state index in [4.69, 9.17) is 10.9 Å². The van der Waals surface area contributed by atoms with Gasteiger partial charge >= 0.3 is 0 Å². The van der Waals surface area contributed by atoms with Crippen LogP contribution in [0.3, 0.4) is 0 Å². The Morgan fingerprint density at radius 1 is 1.29 bits per heavy atom. The molecule has 2 rings (SSSR count). The van der Waals surface area contributed by atoms with Crippen molar-refractivity contribution in [2.75, 3.05) is 34.9 Å². The highest BCUT2D eigenvalue weighted by molar-refractivity contribution is 8.01. The van der Waals surface area contributed by atoms with Crippen LogP contribution in [0.1, 0.15) is 0 Å². The summed E-state index contributed by atoms with van der Waals surface area (Å²) >= 11 is 1.56. The van der Waals surface area contributed by atoms with Crippen molar-refractivity contribution in [3.63, 3.8) is 0 Å². The summed E-state index contributed by atoms with van der Waals surface area (Å²) in [6.07, 6.45) is 1.19. The van der Waals surface area contributed by atoms with Crippen molar-refractivity contribution in [2.45, 2.75) is 10.3 Å². The Bertz CT molecular complexity index is 746. The molecule has 10 heteroatoms. The largest absolute Gasteiger partial charge is 0.397 e. The number of hydrogen-bond acceptors (Lipinski definition) is 7. The molecule has 1 fully saturated rings.